The molecule has 66 valence electrons. The van der Waals surface area contributed by atoms with E-state index in [1.54, 1.807) is 6.08 Å². The zero-order valence-electron chi connectivity index (χ0n) is 7.58. The van der Waals surface area contributed by atoms with Gasteiger partial charge in [0, 0.05) is 5.57 Å². The van der Waals surface area contributed by atoms with Gasteiger partial charge >= 0.3 is 0 Å². The zero-order valence-corrected chi connectivity index (χ0v) is 7.58. The van der Waals surface area contributed by atoms with Crippen molar-refractivity contribution in [3.05, 3.63) is 23.8 Å². The van der Waals surface area contributed by atoms with E-state index >= 15 is 0 Å². The van der Waals surface area contributed by atoms with E-state index in [9.17, 15) is 4.79 Å². The average molecular weight is 165 g/mol. The molecule has 1 rings (SSSR count). The molecular formula is C10H15NO. The fourth-order valence-corrected chi connectivity index (χ4v) is 1.34. The molecule has 1 unspecified atom stereocenters. The van der Waals surface area contributed by atoms with E-state index < -0.39 is 0 Å². The van der Waals surface area contributed by atoms with Gasteiger partial charge in [-0.05, 0) is 18.3 Å². The van der Waals surface area contributed by atoms with Crippen molar-refractivity contribution in [2.75, 3.05) is 0 Å². The molecule has 2 nitrogen and oxygen atoms in total. The van der Waals surface area contributed by atoms with Crippen molar-refractivity contribution < 1.29 is 4.79 Å². The zero-order chi connectivity index (χ0) is 9.14. The minimum atomic E-state index is -0.323. The Balaban J connectivity index is 2.75. The average Bonchev–Trinajstić information content (AvgIpc) is 2.04. The summed E-state index contributed by atoms with van der Waals surface area (Å²) in [6.45, 7) is 4.30. The fourth-order valence-electron chi connectivity index (χ4n) is 1.34. The van der Waals surface area contributed by atoms with Gasteiger partial charge in [-0.25, -0.2) is 0 Å². The standard InChI is InChI=1S/C10H15NO/c1-7(2)8-4-3-5-9(6-8)10(11)12/h3,5-8H,4H2,1-2H3,(H2,11,12). The van der Waals surface area contributed by atoms with Gasteiger partial charge in [0.25, 0.3) is 0 Å². The van der Waals surface area contributed by atoms with Crippen molar-refractivity contribution in [2.24, 2.45) is 17.6 Å². The van der Waals surface area contributed by atoms with Gasteiger partial charge < -0.3 is 5.73 Å². The van der Waals surface area contributed by atoms with E-state index in [1.165, 1.54) is 0 Å². The highest BCUT2D eigenvalue weighted by molar-refractivity contribution is 5.95. The summed E-state index contributed by atoms with van der Waals surface area (Å²) in [5, 5.41) is 0. The lowest BCUT2D eigenvalue weighted by atomic mass is 9.87. The largest absolute Gasteiger partial charge is 0.366 e. The molecule has 0 aromatic carbocycles. The molecule has 1 amide bonds. The second-order valence-corrected chi connectivity index (χ2v) is 3.53. The molecule has 0 saturated heterocycles. The minimum Gasteiger partial charge on any atom is -0.366 e. The third kappa shape index (κ3) is 1.97. The first-order valence-corrected chi connectivity index (χ1v) is 4.29. The first kappa shape index (κ1) is 9.04. The second kappa shape index (κ2) is 3.57. The van der Waals surface area contributed by atoms with Gasteiger partial charge in [-0.15, -0.1) is 0 Å². The van der Waals surface area contributed by atoms with Crippen molar-refractivity contribution in [2.45, 2.75) is 20.3 Å². The van der Waals surface area contributed by atoms with Gasteiger partial charge in [-0.3, -0.25) is 4.79 Å². The molecule has 2 N–H and O–H groups in total. The molecule has 0 aromatic heterocycles. The Morgan fingerprint density at radius 3 is 2.83 bits per heavy atom. The lowest BCUT2D eigenvalue weighted by Gasteiger charge is -2.18. The van der Waals surface area contributed by atoms with Crippen LogP contribution >= 0.6 is 0 Å². The van der Waals surface area contributed by atoms with Crippen LogP contribution in [-0.2, 0) is 4.79 Å². The highest BCUT2D eigenvalue weighted by atomic mass is 16.1. The number of nitrogens with two attached hydrogens (primary N) is 1. The summed E-state index contributed by atoms with van der Waals surface area (Å²) >= 11 is 0. The van der Waals surface area contributed by atoms with Crippen LogP contribution in [0, 0.1) is 11.8 Å². The summed E-state index contributed by atoms with van der Waals surface area (Å²) in [6.07, 6.45) is 6.83. The van der Waals surface area contributed by atoms with Crippen LogP contribution in [0.25, 0.3) is 0 Å². The van der Waals surface area contributed by atoms with Crippen molar-refractivity contribution >= 4 is 5.91 Å². The normalized spacial score (nSPS) is 22.6. The second-order valence-electron chi connectivity index (χ2n) is 3.53. The highest BCUT2D eigenvalue weighted by Crippen LogP contribution is 2.23. The number of hydrogen-bond donors (Lipinski definition) is 1. The molecular weight excluding hydrogens is 150 g/mol. The van der Waals surface area contributed by atoms with Crippen LogP contribution in [0.4, 0.5) is 0 Å². The number of hydrogen-bond acceptors (Lipinski definition) is 1. The summed E-state index contributed by atoms with van der Waals surface area (Å²) in [6, 6.07) is 0. The molecule has 0 spiro atoms. The van der Waals surface area contributed by atoms with Crippen LogP contribution in [-0.4, -0.2) is 5.91 Å². The lowest BCUT2D eigenvalue weighted by Crippen LogP contribution is -2.17. The van der Waals surface area contributed by atoms with Crippen molar-refractivity contribution in [1.29, 1.82) is 0 Å². The van der Waals surface area contributed by atoms with Crippen LogP contribution in [0.3, 0.4) is 0 Å². The van der Waals surface area contributed by atoms with Crippen LogP contribution in [0.15, 0.2) is 23.8 Å². The maximum absolute atomic E-state index is 10.8. The van der Waals surface area contributed by atoms with Crippen LogP contribution in [0.5, 0.6) is 0 Å². The quantitative estimate of drug-likeness (QED) is 0.664. The highest BCUT2D eigenvalue weighted by Gasteiger charge is 2.14. The molecule has 0 radical (unpaired) electrons. The van der Waals surface area contributed by atoms with Gasteiger partial charge in [0.1, 0.15) is 0 Å². The van der Waals surface area contributed by atoms with Crippen molar-refractivity contribution in [3.63, 3.8) is 0 Å². The predicted octanol–water partition coefficient (Wildman–Crippen LogP) is 1.63. The first-order chi connectivity index (χ1) is 5.61. The van der Waals surface area contributed by atoms with Gasteiger partial charge in [0.2, 0.25) is 5.91 Å². The molecule has 0 saturated carbocycles. The Bertz CT molecular complexity index is 238. The molecule has 1 aliphatic carbocycles. The van der Waals surface area contributed by atoms with Crippen molar-refractivity contribution in [3.8, 4) is 0 Å². The van der Waals surface area contributed by atoms with E-state index in [-0.39, 0.29) is 5.91 Å². The Hall–Kier alpha value is -1.05. The van der Waals surface area contributed by atoms with Crippen LogP contribution < -0.4 is 5.73 Å². The topological polar surface area (TPSA) is 43.1 Å². The Labute approximate surface area is 73.1 Å². The summed E-state index contributed by atoms with van der Waals surface area (Å²) in [5.74, 6) is 0.721. The Kier molecular flexibility index (Phi) is 2.69. The maximum Gasteiger partial charge on any atom is 0.248 e. The molecule has 12 heavy (non-hydrogen) atoms. The number of carbonyl (C=O) groups excluding carboxylic acids is 1. The van der Waals surface area contributed by atoms with Gasteiger partial charge in [0.15, 0.2) is 0 Å². The van der Waals surface area contributed by atoms with E-state index in [0.29, 0.717) is 17.4 Å². The minimum absolute atomic E-state index is 0.323. The molecule has 0 aromatic rings. The molecule has 2 heteroatoms. The molecule has 1 aliphatic rings. The molecule has 0 aliphatic heterocycles. The van der Waals surface area contributed by atoms with Crippen molar-refractivity contribution in [1.82, 2.24) is 0 Å². The smallest absolute Gasteiger partial charge is 0.248 e. The van der Waals surface area contributed by atoms with E-state index in [4.69, 9.17) is 5.73 Å². The summed E-state index contributed by atoms with van der Waals surface area (Å²) in [4.78, 5) is 10.8. The lowest BCUT2D eigenvalue weighted by molar-refractivity contribution is -0.114. The maximum atomic E-state index is 10.8. The molecule has 0 heterocycles. The Morgan fingerprint density at radius 2 is 2.33 bits per heavy atom. The Morgan fingerprint density at radius 1 is 1.67 bits per heavy atom. The number of primary amides is 1. The van der Waals surface area contributed by atoms with E-state index in [2.05, 4.69) is 13.8 Å². The number of amides is 1. The summed E-state index contributed by atoms with van der Waals surface area (Å²) in [7, 11) is 0. The van der Waals surface area contributed by atoms with Gasteiger partial charge in [0.05, 0.1) is 0 Å². The van der Waals surface area contributed by atoms with Gasteiger partial charge in [-0.2, -0.15) is 0 Å². The SMILES string of the molecule is CC(C)C1C=C(C(N)=O)C=CC1. The molecule has 0 bridgehead atoms. The number of carbonyl (C=O) groups is 1. The first-order valence-electron chi connectivity index (χ1n) is 4.29. The number of rotatable bonds is 2. The predicted molar refractivity (Wildman–Crippen MR) is 49.4 cm³/mol. The monoisotopic (exact) mass is 165 g/mol. The number of allylic oxidation sites excluding steroid dienone is 2. The van der Waals surface area contributed by atoms with Crippen LogP contribution in [0.2, 0.25) is 0 Å². The van der Waals surface area contributed by atoms with Crippen LogP contribution in [0.1, 0.15) is 20.3 Å². The third-order valence-electron chi connectivity index (χ3n) is 2.24. The van der Waals surface area contributed by atoms with E-state index in [1.807, 2.05) is 12.2 Å². The van der Waals surface area contributed by atoms with Gasteiger partial charge in [-0.1, -0.05) is 32.1 Å². The summed E-state index contributed by atoms with van der Waals surface area (Å²) in [5.41, 5.74) is 5.82. The third-order valence-corrected chi connectivity index (χ3v) is 2.24. The molecule has 0 fully saturated rings. The van der Waals surface area contributed by atoms with E-state index in [0.717, 1.165) is 6.42 Å². The fraction of sp³-hybridized carbons (Fsp3) is 0.500. The summed E-state index contributed by atoms with van der Waals surface area (Å²) < 4.78 is 0. The molecule has 1 atom stereocenters.